The Balaban J connectivity index is 2.61. The van der Waals surface area contributed by atoms with Gasteiger partial charge in [-0.05, 0) is 37.0 Å². The van der Waals surface area contributed by atoms with Crippen molar-refractivity contribution in [2.75, 3.05) is 5.75 Å². The lowest BCUT2D eigenvalue weighted by molar-refractivity contribution is 0.0696. The van der Waals surface area contributed by atoms with E-state index in [0.29, 0.717) is 5.56 Å². The van der Waals surface area contributed by atoms with Crippen LogP contribution < -0.4 is 0 Å². The van der Waals surface area contributed by atoms with Crippen molar-refractivity contribution in [3.8, 4) is 0 Å². The molecule has 0 aliphatic heterocycles. The van der Waals surface area contributed by atoms with Crippen LogP contribution in [0.5, 0.6) is 0 Å². The first-order valence-corrected chi connectivity index (χ1v) is 8.03. The zero-order chi connectivity index (χ0) is 14.3. The van der Waals surface area contributed by atoms with Gasteiger partial charge in [0.15, 0.2) is 0 Å². The van der Waals surface area contributed by atoms with E-state index in [2.05, 4.69) is 13.8 Å². The minimum Gasteiger partial charge on any atom is -0.478 e. The maximum absolute atomic E-state index is 11.1. The summed E-state index contributed by atoms with van der Waals surface area (Å²) in [4.78, 5) is 12.2. The molecule has 0 aliphatic rings. The molecule has 19 heavy (non-hydrogen) atoms. The fourth-order valence-corrected chi connectivity index (χ4v) is 3.23. The van der Waals surface area contributed by atoms with E-state index in [1.807, 2.05) is 19.1 Å². The molecule has 0 heterocycles. The molecule has 1 N–H and O–H groups in total. The van der Waals surface area contributed by atoms with Crippen molar-refractivity contribution in [2.45, 2.75) is 51.3 Å². The second-order valence-electron chi connectivity index (χ2n) is 5.01. The van der Waals surface area contributed by atoms with Gasteiger partial charge in [0.2, 0.25) is 0 Å². The average molecular weight is 280 g/mol. The smallest absolute Gasteiger partial charge is 0.335 e. The lowest BCUT2D eigenvalue weighted by Crippen LogP contribution is -2.03. The van der Waals surface area contributed by atoms with Crippen LogP contribution in [0.2, 0.25) is 0 Å². The molecule has 0 aromatic heterocycles. The molecule has 0 radical (unpaired) electrons. The first kappa shape index (κ1) is 16.1. The van der Waals surface area contributed by atoms with Gasteiger partial charge in [-0.1, -0.05) is 39.2 Å². The van der Waals surface area contributed by atoms with E-state index in [1.54, 1.807) is 17.8 Å². The van der Waals surface area contributed by atoms with Crippen molar-refractivity contribution in [3.63, 3.8) is 0 Å². The van der Waals surface area contributed by atoms with Gasteiger partial charge in [0.05, 0.1) is 5.56 Å². The largest absolute Gasteiger partial charge is 0.478 e. The monoisotopic (exact) mass is 280 g/mol. The number of hydrogen-bond donors (Lipinski definition) is 1. The van der Waals surface area contributed by atoms with Crippen molar-refractivity contribution in [2.24, 2.45) is 5.92 Å². The third kappa shape index (κ3) is 5.27. The Labute approximate surface area is 120 Å². The molecule has 0 aliphatic carbocycles. The molecule has 0 saturated heterocycles. The topological polar surface area (TPSA) is 37.3 Å². The Morgan fingerprint density at radius 2 is 2.11 bits per heavy atom. The number of carboxylic acid groups (broad SMARTS) is 1. The number of unbranched alkanes of at least 4 members (excludes halogenated alkanes) is 1. The lowest BCUT2D eigenvalue weighted by atomic mass is 10.0. The van der Waals surface area contributed by atoms with Gasteiger partial charge in [0, 0.05) is 10.6 Å². The number of carboxylic acids is 1. The molecule has 0 fully saturated rings. The van der Waals surface area contributed by atoms with Crippen LogP contribution in [0.3, 0.4) is 0 Å². The zero-order valence-corrected chi connectivity index (χ0v) is 12.9. The number of rotatable bonds is 8. The Hall–Kier alpha value is -0.960. The van der Waals surface area contributed by atoms with Crippen LogP contribution in [0, 0.1) is 12.8 Å². The summed E-state index contributed by atoms with van der Waals surface area (Å²) >= 11 is 1.78. The van der Waals surface area contributed by atoms with E-state index in [4.69, 9.17) is 5.11 Å². The molecule has 1 aromatic rings. The molecule has 1 rings (SSSR count). The SMILES string of the molecule is CCCCC(CC)CSc1ccc(C)c(C(=O)O)c1. The van der Waals surface area contributed by atoms with Gasteiger partial charge in [-0.2, -0.15) is 0 Å². The highest BCUT2D eigenvalue weighted by atomic mass is 32.2. The summed E-state index contributed by atoms with van der Waals surface area (Å²) < 4.78 is 0. The summed E-state index contributed by atoms with van der Waals surface area (Å²) in [5.74, 6) is 0.982. The molecule has 0 amide bonds. The van der Waals surface area contributed by atoms with Crippen molar-refractivity contribution in [3.05, 3.63) is 29.3 Å². The third-order valence-corrected chi connectivity index (χ3v) is 4.69. The predicted octanol–water partition coefficient (Wildman–Crippen LogP) is 5.00. The van der Waals surface area contributed by atoms with Crippen LogP contribution in [0.25, 0.3) is 0 Å². The van der Waals surface area contributed by atoms with E-state index < -0.39 is 5.97 Å². The molecule has 2 nitrogen and oxygen atoms in total. The van der Waals surface area contributed by atoms with E-state index in [0.717, 1.165) is 22.1 Å². The predicted molar refractivity (Wildman–Crippen MR) is 82.2 cm³/mol. The summed E-state index contributed by atoms with van der Waals surface area (Å²) in [7, 11) is 0. The minimum absolute atomic E-state index is 0.423. The normalized spacial score (nSPS) is 12.4. The van der Waals surface area contributed by atoms with Crippen molar-refractivity contribution in [1.82, 2.24) is 0 Å². The highest BCUT2D eigenvalue weighted by molar-refractivity contribution is 7.99. The Morgan fingerprint density at radius 3 is 2.68 bits per heavy atom. The summed E-state index contributed by atoms with van der Waals surface area (Å²) in [5.41, 5.74) is 1.25. The number of benzene rings is 1. The van der Waals surface area contributed by atoms with Gasteiger partial charge in [-0.15, -0.1) is 11.8 Å². The molecule has 0 bridgehead atoms. The summed E-state index contributed by atoms with van der Waals surface area (Å²) in [6.45, 7) is 6.30. The first-order chi connectivity index (χ1) is 9.08. The number of thioether (sulfide) groups is 1. The average Bonchev–Trinajstić information content (AvgIpc) is 2.40. The van der Waals surface area contributed by atoms with Crippen LogP contribution in [-0.4, -0.2) is 16.8 Å². The second-order valence-corrected chi connectivity index (χ2v) is 6.10. The lowest BCUT2D eigenvalue weighted by Gasteiger charge is -2.14. The molecular weight excluding hydrogens is 256 g/mol. The fourth-order valence-electron chi connectivity index (χ4n) is 2.03. The standard InChI is InChI=1S/C16H24O2S/c1-4-6-7-13(5-2)11-19-14-9-8-12(3)15(10-14)16(17)18/h8-10,13H,4-7,11H2,1-3H3,(H,17,18). The van der Waals surface area contributed by atoms with Crippen LogP contribution >= 0.6 is 11.8 Å². The van der Waals surface area contributed by atoms with Crippen molar-refractivity contribution >= 4 is 17.7 Å². The Morgan fingerprint density at radius 1 is 1.37 bits per heavy atom. The second kappa shape index (κ2) is 8.26. The molecular formula is C16H24O2S. The maximum atomic E-state index is 11.1. The van der Waals surface area contributed by atoms with Crippen LogP contribution in [-0.2, 0) is 0 Å². The quantitative estimate of drug-likeness (QED) is 0.681. The number of hydrogen-bond acceptors (Lipinski definition) is 2. The molecule has 0 spiro atoms. The van der Waals surface area contributed by atoms with Crippen LogP contribution in [0.1, 0.15) is 55.5 Å². The van der Waals surface area contributed by atoms with E-state index >= 15 is 0 Å². The molecule has 106 valence electrons. The molecule has 0 saturated carbocycles. The Kier molecular flexibility index (Phi) is 7.00. The molecule has 1 aromatic carbocycles. The van der Waals surface area contributed by atoms with Crippen LogP contribution in [0.15, 0.2) is 23.1 Å². The molecule has 1 unspecified atom stereocenters. The maximum Gasteiger partial charge on any atom is 0.335 e. The highest BCUT2D eigenvalue weighted by Gasteiger charge is 2.10. The third-order valence-electron chi connectivity index (χ3n) is 3.47. The zero-order valence-electron chi connectivity index (χ0n) is 12.1. The van der Waals surface area contributed by atoms with Crippen molar-refractivity contribution in [1.29, 1.82) is 0 Å². The Bertz CT molecular complexity index is 415. The van der Waals surface area contributed by atoms with Crippen molar-refractivity contribution < 1.29 is 9.90 Å². The summed E-state index contributed by atoms with van der Waals surface area (Å²) in [6, 6.07) is 5.73. The van der Waals surface area contributed by atoms with Gasteiger partial charge in [0.1, 0.15) is 0 Å². The molecule has 3 heteroatoms. The highest BCUT2D eigenvalue weighted by Crippen LogP contribution is 2.26. The number of aromatic carboxylic acids is 1. The van der Waals surface area contributed by atoms with Gasteiger partial charge < -0.3 is 5.11 Å². The van der Waals surface area contributed by atoms with Crippen LogP contribution in [0.4, 0.5) is 0 Å². The van der Waals surface area contributed by atoms with Gasteiger partial charge in [0.25, 0.3) is 0 Å². The molecule has 1 atom stereocenters. The van der Waals surface area contributed by atoms with Gasteiger partial charge >= 0.3 is 5.97 Å². The first-order valence-electron chi connectivity index (χ1n) is 7.05. The summed E-state index contributed by atoms with van der Waals surface area (Å²) in [5, 5.41) is 9.12. The number of aryl methyl sites for hydroxylation is 1. The van der Waals surface area contributed by atoms with Gasteiger partial charge in [-0.25, -0.2) is 4.79 Å². The minimum atomic E-state index is -0.835. The van der Waals surface area contributed by atoms with Gasteiger partial charge in [-0.3, -0.25) is 0 Å². The van der Waals surface area contributed by atoms with E-state index in [1.165, 1.54) is 25.7 Å². The fraction of sp³-hybridized carbons (Fsp3) is 0.562. The van der Waals surface area contributed by atoms with E-state index in [-0.39, 0.29) is 0 Å². The number of carbonyl (C=O) groups is 1. The van der Waals surface area contributed by atoms with E-state index in [9.17, 15) is 4.79 Å². The summed E-state index contributed by atoms with van der Waals surface area (Å²) in [6.07, 6.45) is 5.00.